The van der Waals surface area contributed by atoms with E-state index in [4.69, 9.17) is 4.74 Å². The molecule has 0 spiro atoms. The molecule has 0 unspecified atom stereocenters. The van der Waals surface area contributed by atoms with E-state index in [1.165, 1.54) is 12.5 Å². The molecule has 0 bridgehead atoms. The second-order valence-corrected chi connectivity index (χ2v) is 9.57. The van der Waals surface area contributed by atoms with Crippen LogP contribution in [0.15, 0.2) is 61.1 Å². The smallest absolute Gasteiger partial charge is 0.272 e. The van der Waals surface area contributed by atoms with Crippen molar-refractivity contribution in [2.45, 2.75) is 12.3 Å². The number of anilines is 2. The monoisotopic (exact) mass is 492 g/mol. The van der Waals surface area contributed by atoms with Crippen molar-refractivity contribution in [2.24, 2.45) is 0 Å². The minimum atomic E-state index is -3.71. The Balaban J connectivity index is 1.31. The van der Waals surface area contributed by atoms with Crippen molar-refractivity contribution in [3.05, 3.63) is 77.9 Å². The number of aromatic nitrogens is 3. The van der Waals surface area contributed by atoms with Crippen LogP contribution in [0.25, 0.3) is 11.0 Å². The van der Waals surface area contributed by atoms with Gasteiger partial charge in [0, 0.05) is 12.7 Å². The van der Waals surface area contributed by atoms with E-state index in [1.54, 1.807) is 42.5 Å². The topological polar surface area (TPSA) is 155 Å². The minimum Gasteiger partial charge on any atom is -0.482 e. The summed E-state index contributed by atoms with van der Waals surface area (Å²) in [5.74, 6) is -0.364. The number of hydrogen-bond donors (Lipinski definition) is 4. The van der Waals surface area contributed by atoms with E-state index in [-0.39, 0.29) is 41.7 Å². The molecule has 0 aliphatic carbocycles. The lowest BCUT2D eigenvalue weighted by Crippen LogP contribution is -2.26. The Kier molecular flexibility index (Phi) is 5.79. The Morgan fingerprint density at radius 1 is 1.09 bits per heavy atom. The van der Waals surface area contributed by atoms with E-state index in [0.29, 0.717) is 22.5 Å². The molecule has 0 saturated carbocycles. The molecular weight excluding hydrogens is 472 g/mol. The summed E-state index contributed by atoms with van der Waals surface area (Å²) in [5.41, 5.74) is 2.78. The van der Waals surface area contributed by atoms with E-state index in [1.807, 2.05) is 6.07 Å². The fourth-order valence-corrected chi connectivity index (χ4v) is 4.89. The zero-order valence-corrected chi connectivity index (χ0v) is 19.1. The highest BCUT2D eigenvalue weighted by atomic mass is 32.2. The average molecular weight is 493 g/mol. The fourth-order valence-electron chi connectivity index (χ4n) is 3.69. The van der Waals surface area contributed by atoms with Crippen LogP contribution in [0.3, 0.4) is 0 Å². The number of ether oxygens (including phenoxy) is 1. The molecule has 0 atom stereocenters. The molecule has 4 N–H and O–H groups in total. The van der Waals surface area contributed by atoms with Crippen LogP contribution in [-0.4, -0.2) is 41.8 Å². The Bertz CT molecular complexity index is 1530. The molecule has 3 heterocycles. The van der Waals surface area contributed by atoms with Gasteiger partial charge >= 0.3 is 0 Å². The van der Waals surface area contributed by atoms with Crippen LogP contribution in [0, 0.1) is 0 Å². The highest BCUT2D eigenvalue weighted by Gasteiger charge is 2.20. The summed E-state index contributed by atoms with van der Waals surface area (Å²) in [6, 6.07) is 14.0. The Hall–Kier alpha value is -4.45. The SMILES string of the molecule is O=C1COc2ccc(CNC(=O)c3ncnc4c(NS(=O)(=O)Cc5ccccc5)c[nH]c34)cc2N1. The Morgan fingerprint density at radius 2 is 1.91 bits per heavy atom. The molecule has 0 radical (unpaired) electrons. The number of carbonyl (C=O) groups excluding carboxylic acids is 2. The first-order valence-corrected chi connectivity index (χ1v) is 12.2. The highest BCUT2D eigenvalue weighted by molar-refractivity contribution is 7.91. The number of H-pyrrole nitrogens is 1. The van der Waals surface area contributed by atoms with Gasteiger partial charge in [0.1, 0.15) is 17.6 Å². The van der Waals surface area contributed by atoms with Gasteiger partial charge in [0.05, 0.1) is 22.6 Å². The summed E-state index contributed by atoms with van der Waals surface area (Å²) < 4.78 is 33.1. The van der Waals surface area contributed by atoms with Crippen LogP contribution in [0.1, 0.15) is 21.6 Å². The van der Waals surface area contributed by atoms with Gasteiger partial charge in [-0.3, -0.25) is 14.3 Å². The summed E-state index contributed by atoms with van der Waals surface area (Å²) in [6.45, 7) is 0.137. The Labute approximate surface area is 200 Å². The molecule has 5 rings (SSSR count). The first kappa shape index (κ1) is 22.3. The van der Waals surface area contributed by atoms with E-state index in [0.717, 1.165) is 5.56 Å². The van der Waals surface area contributed by atoms with Crippen LogP contribution in [-0.2, 0) is 27.1 Å². The predicted molar refractivity (Wildman–Crippen MR) is 128 cm³/mol. The van der Waals surface area contributed by atoms with Gasteiger partial charge < -0.3 is 20.4 Å². The fraction of sp³-hybridized carbons (Fsp3) is 0.130. The molecule has 4 aromatic rings. The van der Waals surface area contributed by atoms with E-state index in [9.17, 15) is 18.0 Å². The minimum absolute atomic E-state index is 0.0344. The van der Waals surface area contributed by atoms with Gasteiger partial charge in [0.25, 0.3) is 11.8 Å². The maximum absolute atomic E-state index is 12.9. The lowest BCUT2D eigenvalue weighted by Gasteiger charge is -2.18. The van der Waals surface area contributed by atoms with Gasteiger partial charge in [-0.25, -0.2) is 18.4 Å². The molecule has 0 saturated heterocycles. The molecule has 178 valence electrons. The molecular formula is C23H20N6O5S. The number of hydrogen-bond acceptors (Lipinski definition) is 7. The number of amides is 2. The zero-order valence-electron chi connectivity index (χ0n) is 18.2. The molecule has 11 nitrogen and oxygen atoms in total. The van der Waals surface area contributed by atoms with Crippen LogP contribution in [0.4, 0.5) is 11.4 Å². The second kappa shape index (κ2) is 9.06. The first-order chi connectivity index (χ1) is 16.9. The van der Waals surface area contributed by atoms with E-state index < -0.39 is 15.9 Å². The van der Waals surface area contributed by atoms with Crippen molar-refractivity contribution in [3.63, 3.8) is 0 Å². The maximum atomic E-state index is 12.9. The maximum Gasteiger partial charge on any atom is 0.272 e. The molecule has 1 aliphatic heterocycles. The van der Waals surface area contributed by atoms with E-state index >= 15 is 0 Å². The largest absolute Gasteiger partial charge is 0.482 e. The van der Waals surface area contributed by atoms with E-state index in [2.05, 4.69) is 30.3 Å². The van der Waals surface area contributed by atoms with Crippen molar-refractivity contribution in [1.82, 2.24) is 20.3 Å². The van der Waals surface area contributed by atoms with Gasteiger partial charge in [0.2, 0.25) is 10.0 Å². The number of fused-ring (bicyclic) bond motifs is 2. The Morgan fingerprint density at radius 3 is 2.74 bits per heavy atom. The number of nitrogens with zero attached hydrogens (tertiary/aromatic N) is 2. The average Bonchev–Trinajstić information content (AvgIpc) is 3.24. The van der Waals surface area contributed by atoms with Crippen LogP contribution < -0.4 is 20.1 Å². The molecule has 0 fully saturated rings. The number of carbonyl (C=O) groups is 2. The predicted octanol–water partition coefficient (Wildman–Crippen LogP) is 2.16. The van der Waals surface area contributed by atoms with Gasteiger partial charge in [-0.15, -0.1) is 0 Å². The summed E-state index contributed by atoms with van der Waals surface area (Å²) in [4.78, 5) is 35.5. The van der Waals surface area contributed by atoms with Gasteiger partial charge in [0.15, 0.2) is 12.3 Å². The first-order valence-electron chi connectivity index (χ1n) is 10.6. The third kappa shape index (κ3) is 4.92. The summed E-state index contributed by atoms with van der Waals surface area (Å²) in [5, 5.41) is 5.50. The van der Waals surface area contributed by atoms with Gasteiger partial charge in [-0.2, -0.15) is 0 Å². The highest BCUT2D eigenvalue weighted by Crippen LogP contribution is 2.28. The number of rotatable bonds is 7. The summed E-state index contributed by atoms with van der Waals surface area (Å²) >= 11 is 0. The lowest BCUT2D eigenvalue weighted by atomic mass is 10.1. The molecule has 1 aliphatic rings. The molecule has 35 heavy (non-hydrogen) atoms. The third-order valence-electron chi connectivity index (χ3n) is 5.27. The molecule has 2 aromatic heterocycles. The molecule has 2 amide bonds. The van der Waals surface area contributed by atoms with Crippen molar-refractivity contribution in [2.75, 3.05) is 16.6 Å². The summed E-state index contributed by atoms with van der Waals surface area (Å²) in [7, 11) is -3.71. The van der Waals surface area contributed by atoms with Crippen molar-refractivity contribution < 1.29 is 22.7 Å². The van der Waals surface area contributed by atoms with Gasteiger partial charge in [-0.05, 0) is 23.3 Å². The van der Waals surface area contributed by atoms with Crippen LogP contribution in [0.2, 0.25) is 0 Å². The number of aromatic amines is 1. The van der Waals surface area contributed by atoms with Crippen molar-refractivity contribution >= 4 is 44.2 Å². The third-order valence-corrected chi connectivity index (χ3v) is 6.52. The number of benzene rings is 2. The van der Waals surface area contributed by atoms with Crippen LogP contribution in [0.5, 0.6) is 5.75 Å². The van der Waals surface area contributed by atoms with Gasteiger partial charge in [-0.1, -0.05) is 36.4 Å². The zero-order chi connectivity index (χ0) is 24.4. The lowest BCUT2D eigenvalue weighted by molar-refractivity contribution is -0.118. The number of sulfonamides is 1. The molecule has 12 heteroatoms. The number of nitrogens with one attached hydrogen (secondary N) is 4. The summed E-state index contributed by atoms with van der Waals surface area (Å²) in [6.07, 6.45) is 2.64. The second-order valence-electron chi connectivity index (χ2n) is 7.85. The van der Waals surface area contributed by atoms with Crippen molar-refractivity contribution in [3.8, 4) is 5.75 Å². The van der Waals surface area contributed by atoms with Crippen molar-refractivity contribution in [1.29, 1.82) is 0 Å². The van der Waals surface area contributed by atoms with Crippen LogP contribution >= 0.6 is 0 Å². The standard InChI is InChI=1S/C23H20N6O5S/c30-19-11-34-18-7-6-15(8-16(18)28-19)9-25-23(31)22-21-20(26-13-27-22)17(10-24-21)29-35(32,33)12-14-4-2-1-3-5-14/h1-8,10,13,24,29H,9,11-12H2,(H,25,31)(H,28,30). The normalized spacial score (nSPS) is 13.0. The quantitative estimate of drug-likeness (QED) is 0.308. The molecule has 2 aromatic carbocycles.